The van der Waals surface area contributed by atoms with Gasteiger partial charge in [-0.1, -0.05) is 24.3 Å². The van der Waals surface area contributed by atoms with Gasteiger partial charge in [0.25, 0.3) is 17.7 Å². The molecule has 1 atom stereocenters. The molecule has 0 radical (unpaired) electrons. The van der Waals surface area contributed by atoms with Gasteiger partial charge in [0, 0.05) is 26.1 Å². The summed E-state index contributed by atoms with van der Waals surface area (Å²) in [5, 5.41) is 0. The van der Waals surface area contributed by atoms with Crippen LogP contribution in [0.25, 0.3) is 0 Å². The highest BCUT2D eigenvalue weighted by atomic mass is 16.2. The molecule has 2 heterocycles. The Labute approximate surface area is 184 Å². The van der Waals surface area contributed by atoms with Crippen LogP contribution in [0.3, 0.4) is 0 Å². The maximum atomic E-state index is 12.7. The van der Waals surface area contributed by atoms with Gasteiger partial charge in [-0.25, -0.2) is 9.80 Å². The molecule has 0 spiro atoms. The van der Waals surface area contributed by atoms with E-state index in [2.05, 4.69) is 0 Å². The van der Waals surface area contributed by atoms with E-state index in [0.717, 1.165) is 20.9 Å². The number of amides is 5. The van der Waals surface area contributed by atoms with E-state index in [4.69, 9.17) is 0 Å². The third-order valence-electron chi connectivity index (χ3n) is 5.69. The smallest absolute Gasteiger partial charge is 0.258 e. The van der Waals surface area contributed by atoms with Crippen LogP contribution in [-0.4, -0.2) is 47.5 Å². The molecule has 0 aliphatic carbocycles. The van der Waals surface area contributed by atoms with Crippen molar-refractivity contribution in [3.8, 4) is 0 Å². The lowest BCUT2D eigenvalue weighted by Crippen LogP contribution is -2.42. The lowest BCUT2D eigenvalue weighted by Gasteiger charge is -2.21. The standard InChI is InChI=1S/C24H21N3O5/c1-15(28)25(2)20-14-23(31)27(24(20)32)19-9-5-17(6-10-19)13-16-3-7-18(8-4-16)26-21(29)11-12-22(26)30/h3-12,20H,13-14H2,1-2H3. The fraction of sp³-hybridized carbons (Fsp3) is 0.208. The van der Waals surface area contributed by atoms with Crippen LogP contribution >= 0.6 is 0 Å². The fourth-order valence-corrected chi connectivity index (χ4v) is 3.83. The summed E-state index contributed by atoms with van der Waals surface area (Å²) in [4.78, 5) is 63.8. The largest absolute Gasteiger partial charge is 0.333 e. The van der Waals surface area contributed by atoms with Gasteiger partial charge < -0.3 is 4.90 Å². The molecule has 8 nitrogen and oxygen atoms in total. The second-order valence-electron chi connectivity index (χ2n) is 7.77. The molecule has 1 unspecified atom stereocenters. The number of carbonyl (C=O) groups excluding carboxylic acids is 5. The van der Waals surface area contributed by atoms with Crippen molar-refractivity contribution in [2.45, 2.75) is 25.8 Å². The van der Waals surface area contributed by atoms with Gasteiger partial charge in [-0.05, 0) is 41.8 Å². The topological polar surface area (TPSA) is 95.1 Å². The highest BCUT2D eigenvalue weighted by Crippen LogP contribution is 2.26. The number of hydrogen-bond donors (Lipinski definition) is 0. The molecule has 8 heteroatoms. The number of carbonyl (C=O) groups is 5. The lowest BCUT2D eigenvalue weighted by atomic mass is 10.0. The molecular weight excluding hydrogens is 410 g/mol. The molecule has 0 aromatic heterocycles. The number of anilines is 2. The Morgan fingerprint density at radius 2 is 1.31 bits per heavy atom. The summed E-state index contributed by atoms with van der Waals surface area (Å²) in [6.45, 7) is 1.36. The number of benzene rings is 2. The summed E-state index contributed by atoms with van der Waals surface area (Å²) < 4.78 is 0. The van der Waals surface area contributed by atoms with Crippen LogP contribution in [0.5, 0.6) is 0 Å². The second kappa shape index (κ2) is 8.22. The Kier molecular flexibility index (Phi) is 5.44. The van der Waals surface area contributed by atoms with Gasteiger partial charge in [0.2, 0.25) is 11.8 Å². The Balaban J connectivity index is 1.45. The molecule has 0 N–H and O–H groups in total. The van der Waals surface area contributed by atoms with E-state index in [1.807, 2.05) is 24.3 Å². The van der Waals surface area contributed by atoms with Gasteiger partial charge in [0.05, 0.1) is 17.8 Å². The van der Waals surface area contributed by atoms with Gasteiger partial charge in [0.1, 0.15) is 6.04 Å². The van der Waals surface area contributed by atoms with Crippen LogP contribution in [0, 0.1) is 0 Å². The highest BCUT2D eigenvalue weighted by Gasteiger charge is 2.42. The average Bonchev–Trinajstić information content (AvgIpc) is 3.26. The van der Waals surface area contributed by atoms with Crippen molar-refractivity contribution in [3.63, 3.8) is 0 Å². The van der Waals surface area contributed by atoms with E-state index in [0.29, 0.717) is 17.8 Å². The normalized spacial score (nSPS) is 18.1. The summed E-state index contributed by atoms with van der Waals surface area (Å²) in [5.41, 5.74) is 2.93. The zero-order valence-electron chi connectivity index (χ0n) is 17.6. The number of rotatable bonds is 5. The van der Waals surface area contributed by atoms with Crippen molar-refractivity contribution >= 4 is 40.9 Å². The molecule has 4 rings (SSSR count). The number of likely N-dealkylation sites (N-methyl/N-ethyl adjacent to an activating group) is 1. The van der Waals surface area contributed by atoms with E-state index in [1.54, 1.807) is 24.3 Å². The number of imide groups is 2. The maximum absolute atomic E-state index is 12.7. The Morgan fingerprint density at radius 1 is 0.844 bits per heavy atom. The van der Waals surface area contributed by atoms with Crippen molar-refractivity contribution in [2.24, 2.45) is 0 Å². The Morgan fingerprint density at radius 3 is 1.78 bits per heavy atom. The molecule has 162 valence electrons. The molecule has 1 fully saturated rings. The van der Waals surface area contributed by atoms with Crippen LogP contribution < -0.4 is 9.80 Å². The predicted octanol–water partition coefficient (Wildman–Crippen LogP) is 1.82. The number of hydrogen-bond acceptors (Lipinski definition) is 5. The van der Waals surface area contributed by atoms with E-state index >= 15 is 0 Å². The monoisotopic (exact) mass is 431 g/mol. The summed E-state index contributed by atoms with van der Waals surface area (Å²) in [6, 6.07) is 13.5. The quantitative estimate of drug-likeness (QED) is 0.673. The highest BCUT2D eigenvalue weighted by molar-refractivity contribution is 6.28. The van der Waals surface area contributed by atoms with E-state index in [1.165, 1.54) is 31.0 Å². The first kappa shape index (κ1) is 21.2. The summed E-state index contributed by atoms with van der Waals surface area (Å²) in [5.74, 6) is -1.73. The molecule has 1 saturated heterocycles. The van der Waals surface area contributed by atoms with Crippen molar-refractivity contribution in [2.75, 3.05) is 16.8 Å². The molecule has 2 aliphatic rings. The second-order valence-corrected chi connectivity index (χ2v) is 7.77. The minimum atomic E-state index is -0.775. The zero-order valence-corrected chi connectivity index (χ0v) is 17.6. The molecule has 2 aromatic rings. The molecular formula is C24H21N3O5. The van der Waals surface area contributed by atoms with E-state index in [-0.39, 0.29) is 30.0 Å². The third kappa shape index (κ3) is 3.82. The van der Waals surface area contributed by atoms with Gasteiger partial charge in [-0.15, -0.1) is 0 Å². The van der Waals surface area contributed by atoms with Gasteiger partial charge in [-0.2, -0.15) is 0 Å². The maximum Gasteiger partial charge on any atom is 0.258 e. The van der Waals surface area contributed by atoms with Crippen LogP contribution in [0.4, 0.5) is 11.4 Å². The predicted molar refractivity (Wildman–Crippen MR) is 117 cm³/mol. The van der Waals surface area contributed by atoms with Crippen molar-refractivity contribution in [1.29, 1.82) is 0 Å². The first-order valence-electron chi connectivity index (χ1n) is 10.1. The summed E-state index contributed by atoms with van der Waals surface area (Å²) >= 11 is 0. The first-order chi connectivity index (χ1) is 15.3. The Hall–Kier alpha value is -4.07. The first-order valence-corrected chi connectivity index (χ1v) is 10.1. The molecule has 0 saturated carbocycles. The fourth-order valence-electron chi connectivity index (χ4n) is 3.83. The minimum Gasteiger partial charge on any atom is -0.333 e. The zero-order chi connectivity index (χ0) is 23.0. The summed E-state index contributed by atoms with van der Waals surface area (Å²) in [6.07, 6.45) is 3.06. The van der Waals surface area contributed by atoms with Crippen molar-refractivity contribution in [1.82, 2.24) is 4.90 Å². The van der Waals surface area contributed by atoms with Crippen molar-refractivity contribution < 1.29 is 24.0 Å². The number of nitrogens with zero attached hydrogens (tertiary/aromatic N) is 3. The molecule has 0 bridgehead atoms. The molecule has 2 aromatic carbocycles. The van der Waals surface area contributed by atoms with Crippen LogP contribution in [0.2, 0.25) is 0 Å². The molecule has 2 aliphatic heterocycles. The van der Waals surface area contributed by atoms with Gasteiger partial charge >= 0.3 is 0 Å². The third-order valence-corrected chi connectivity index (χ3v) is 5.69. The molecule has 32 heavy (non-hydrogen) atoms. The molecule has 5 amide bonds. The van der Waals surface area contributed by atoms with Crippen LogP contribution in [0.1, 0.15) is 24.5 Å². The summed E-state index contributed by atoms with van der Waals surface area (Å²) in [7, 11) is 1.52. The van der Waals surface area contributed by atoms with Gasteiger partial charge in [-0.3, -0.25) is 24.0 Å². The average molecular weight is 431 g/mol. The van der Waals surface area contributed by atoms with Gasteiger partial charge in [0.15, 0.2) is 0 Å². The van der Waals surface area contributed by atoms with Crippen molar-refractivity contribution in [3.05, 3.63) is 71.8 Å². The Bertz CT molecular complexity index is 1130. The van der Waals surface area contributed by atoms with E-state index in [9.17, 15) is 24.0 Å². The van der Waals surface area contributed by atoms with Crippen LogP contribution in [0.15, 0.2) is 60.7 Å². The van der Waals surface area contributed by atoms with Crippen LogP contribution in [-0.2, 0) is 30.4 Å². The van der Waals surface area contributed by atoms with E-state index < -0.39 is 11.9 Å². The SMILES string of the molecule is CC(=O)N(C)C1CC(=O)N(c2ccc(Cc3ccc(N4C(=O)C=CC4=O)cc3)cc2)C1=O. The minimum absolute atomic E-state index is 0.0272. The lowest BCUT2D eigenvalue weighted by molar-refractivity contribution is -0.134.